The van der Waals surface area contributed by atoms with Gasteiger partial charge in [0.05, 0.1) is 0 Å². The van der Waals surface area contributed by atoms with E-state index in [-0.39, 0.29) is 6.04 Å². The monoisotopic (exact) mass is 310 g/mol. The van der Waals surface area contributed by atoms with E-state index >= 15 is 0 Å². The summed E-state index contributed by atoms with van der Waals surface area (Å²) < 4.78 is 1.11. The van der Waals surface area contributed by atoms with Crippen LogP contribution in [0.15, 0.2) is 45.6 Å². The Kier molecular flexibility index (Phi) is 4.74. The SMILES string of the molecule is NNC(Cc1ccc(Br)cc1)Cc1ccsc1. The maximum atomic E-state index is 5.61. The van der Waals surface area contributed by atoms with Gasteiger partial charge in [0.2, 0.25) is 0 Å². The third-order valence-electron chi connectivity index (χ3n) is 2.69. The molecule has 0 bridgehead atoms. The van der Waals surface area contributed by atoms with Crippen molar-refractivity contribution in [2.75, 3.05) is 0 Å². The van der Waals surface area contributed by atoms with Crippen molar-refractivity contribution in [3.63, 3.8) is 0 Å². The lowest BCUT2D eigenvalue weighted by Crippen LogP contribution is -2.38. The summed E-state index contributed by atoms with van der Waals surface area (Å²) in [6.07, 6.45) is 1.91. The number of nitrogens with one attached hydrogen (secondary N) is 1. The molecule has 4 heteroatoms. The van der Waals surface area contributed by atoms with Gasteiger partial charge in [-0.25, -0.2) is 0 Å². The van der Waals surface area contributed by atoms with Gasteiger partial charge in [-0.05, 0) is 52.9 Å². The molecular weight excluding hydrogens is 296 g/mol. The Morgan fingerprint density at radius 2 is 1.82 bits per heavy atom. The highest BCUT2D eigenvalue weighted by atomic mass is 79.9. The van der Waals surface area contributed by atoms with Crippen LogP contribution in [-0.4, -0.2) is 6.04 Å². The zero-order valence-electron chi connectivity index (χ0n) is 9.40. The summed E-state index contributed by atoms with van der Waals surface area (Å²) in [5.41, 5.74) is 5.54. The third kappa shape index (κ3) is 3.92. The fraction of sp³-hybridized carbons (Fsp3) is 0.231. The van der Waals surface area contributed by atoms with Crippen LogP contribution in [0.1, 0.15) is 11.1 Å². The predicted octanol–water partition coefficient (Wildman–Crippen LogP) is 3.13. The lowest BCUT2D eigenvalue weighted by Gasteiger charge is -2.15. The van der Waals surface area contributed by atoms with E-state index in [4.69, 9.17) is 5.84 Å². The molecule has 1 atom stereocenters. The molecular formula is C13H15BrN2S. The molecule has 0 aliphatic heterocycles. The number of hydrogen-bond acceptors (Lipinski definition) is 3. The number of halogens is 1. The molecule has 17 heavy (non-hydrogen) atoms. The first-order valence-corrected chi connectivity index (χ1v) is 7.23. The first-order chi connectivity index (χ1) is 8.28. The fourth-order valence-corrected chi connectivity index (χ4v) is 2.73. The highest BCUT2D eigenvalue weighted by Crippen LogP contribution is 2.14. The van der Waals surface area contributed by atoms with Gasteiger partial charge in [-0.3, -0.25) is 11.3 Å². The van der Waals surface area contributed by atoms with Crippen LogP contribution in [0.3, 0.4) is 0 Å². The number of hydrazine groups is 1. The fourth-order valence-electron chi connectivity index (χ4n) is 1.79. The molecule has 0 aliphatic rings. The first kappa shape index (κ1) is 12.8. The molecule has 0 amide bonds. The minimum Gasteiger partial charge on any atom is -0.271 e. The lowest BCUT2D eigenvalue weighted by atomic mass is 10.0. The van der Waals surface area contributed by atoms with Gasteiger partial charge in [0.25, 0.3) is 0 Å². The zero-order chi connectivity index (χ0) is 12.1. The van der Waals surface area contributed by atoms with Gasteiger partial charge in [-0.15, -0.1) is 0 Å². The van der Waals surface area contributed by atoms with E-state index in [1.807, 2.05) is 0 Å². The van der Waals surface area contributed by atoms with Gasteiger partial charge >= 0.3 is 0 Å². The Morgan fingerprint density at radius 1 is 1.12 bits per heavy atom. The Bertz CT molecular complexity index is 439. The van der Waals surface area contributed by atoms with Gasteiger partial charge < -0.3 is 0 Å². The van der Waals surface area contributed by atoms with Crippen LogP contribution in [0.4, 0.5) is 0 Å². The van der Waals surface area contributed by atoms with Crippen LogP contribution in [0, 0.1) is 0 Å². The van der Waals surface area contributed by atoms with Crippen LogP contribution in [0.2, 0.25) is 0 Å². The summed E-state index contributed by atoms with van der Waals surface area (Å²) in [6.45, 7) is 0. The van der Waals surface area contributed by atoms with Crippen molar-refractivity contribution in [3.8, 4) is 0 Å². The quantitative estimate of drug-likeness (QED) is 0.658. The van der Waals surface area contributed by atoms with Gasteiger partial charge in [-0.1, -0.05) is 28.1 Å². The predicted molar refractivity (Wildman–Crippen MR) is 77.0 cm³/mol. The number of hydrogen-bond donors (Lipinski definition) is 2. The topological polar surface area (TPSA) is 38.0 Å². The number of thiophene rings is 1. The second-order valence-corrected chi connectivity index (χ2v) is 5.73. The van der Waals surface area contributed by atoms with E-state index in [9.17, 15) is 0 Å². The molecule has 0 spiro atoms. The van der Waals surface area contributed by atoms with E-state index in [0.29, 0.717) is 0 Å². The van der Waals surface area contributed by atoms with Crippen LogP contribution in [0.25, 0.3) is 0 Å². The van der Waals surface area contributed by atoms with Crippen LogP contribution < -0.4 is 11.3 Å². The molecule has 1 aromatic carbocycles. The largest absolute Gasteiger partial charge is 0.271 e. The average Bonchev–Trinajstić information content (AvgIpc) is 2.84. The molecule has 90 valence electrons. The van der Waals surface area contributed by atoms with Crippen LogP contribution in [0.5, 0.6) is 0 Å². The van der Waals surface area contributed by atoms with Gasteiger partial charge in [0.15, 0.2) is 0 Å². The van der Waals surface area contributed by atoms with E-state index < -0.39 is 0 Å². The molecule has 3 N–H and O–H groups in total. The van der Waals surface area contributed by atoms with Crippen molar-refractivity contribution in [2.45, 2.75) is 18.9 Å². The molecule has 0 fully saturated rings. The highest BCUT2D eigenvalue weighted by molar-refractivity contribution is 9.10. The molecule has 2 rings (SSSR count). The number of rotatable bonds is 5. The summed E-state index contributed by atoms with van der Waals surface area (Å²) in [5, 5.41) is 4.27. The van der Waals surface area contributed by atoms with Gasteiger partial charge in [0.1, 0.15) is 0 Å². The smallest absolute Gasteiger partial charge is 0.0291 e. The number of benzene rings is 1. The molecule has 2 nitrogen and oxygen atoms in total. The minimum atomic E-state index is 0.283. The molecule has 1 aromatic heterocycles. The second kappa shape index (κ2) is 6.31. The van der Waals surface area contributed by atoms with Crippen molar-refractivity contribution in [1.29, 1.82) is 0 Å². The van der Waals surface area contributed by atoms with Crippen molar-refractivity contribution < 1.29 is 0 Å². The molecule has 0 saturated carbocycles. The van der Waals surface area contributed by atoms with Crippen LogP contribution >= 0.6 is 27.3 Å². The summed E-state index contributed by atoms with van der Waals surface area (Å²) in [4.78, 5) is 0. The summed E-state index contributed by atoms with van der Waals surface area (Å²) in [6, 6.07) is 10.8. The van der Waals surface area contributed by atoms with E-state index in [1.54, 1.807) is 11.3 Å². The normalized spacial score (nSPS) is 12.6. The van der Waals surface area contributed by atoms with Crippen LogP contribution in [-0.2, 0) is 12.8 Å². The lowest BCUT2D eigenvalue weighted by molar-refractivity contribution is 0.523. The first-order valence-electron chi connectivity index (χ1n) is 5.49. The molecule has 0 aliphatic carbocycles. The molecule has 1 heterocycles. The maximum absolute atomic E-state index is 5.61. The summed E-state index contributed by atoms with van der Waals surface area (Å²) in [7, 11) is 0. The molecule has 0 radical (unpaired) electrons. The van der Waals surface area contributed by atoms with Crippen molar-refractivity contribution in [1.82, 2.24) is 5.43 Å². The maximum Gasteiger partial charge on any atom is 0.0291 e. The molecule has 1 unspecified atom stereocenters. The third-order valence-corrected chi connectivity index (χ3v) is 3.95. The van der Waals surface area contributed by atoms with Gasteiger partial charge in [0, 0.05) is 10.5 Å². The molecule has 0 saturated heterocycles. The Balaban J connectivity index is 1.97. The van der Waals surface area contributed by atoms with E-state index in [1.165, 1.54) is 11.1 Å². The van der Waals surface area contributed by atoms with E-state index in [2.05, 4.69) is 62.4 Å². The summed E-state index contributed by atoms with van der Waals surface area (Å²) in [5.74, 6) is 5.61. The number of nitrogens with two attached hydrogens (primary N) is 1. The Labute approximate surface area is 114 Å². The second-order valence-electron chi connectivity index (χ2n) is 4.03. The average molecular weight is 311 g/mol. The summed E-state index contributed by atoms with van der Waals surface area (Å²) >= 11 is 5.16. The van der Waals surface area contributed by atoms with Crippen molar-refractivity contribution in [2.24, 2.45) is 5.84 Å². The minimum absolute atomic E-state index is 0.283. The van der Waals surface area contributed by atoms with E-state index in [0.717, 1.165) is 17.3 Å². The molecule has 2 aromatic rings. The van der Waals surface area contributed by atoms with Crippen molar-refractivity contribution >= 4 is 27.3 Å². The van der Waals surface area contributed by atoms with Crippen molar-refractivity contribution in [3.05, 3.63) is 56.7 Å². The Morgan fingerprint density at radius 3 is 2.41 bits per heavy atom. The Hall–Kier alpha value is -0.680. The highest BCUT2D eigenvalue weighted by Gasteiger charge is 2.09. The standard InChI is InChI=1S/C13H15BrN2S/c14-12-3-1-10(2-4-12)7-13(16-15)8-11-5-6-17-9-11/h1-6,9,13,16H,7-8,15H2. The zero-order valence-corrected chi connectivity index (χ0v) is 11.8. The van der Waals surface area contributed by atoms with Gasteiger partial charge in [-0.2, -0.15) is 11.3 Å².